The molecule has 1 aromatic heterocycles. The highest BCUT2D eigenvalue weighted by molar-refractivity contribution is 5.35. The topological polar surface area (TPSA) is 27.1 Å². The summed E-state index contributed by atoms with van der Waals surface area (Å²) >= 11 is 0. The first-order valence-electron chi connectivity index (χ1n) is 4.86. The molecule has 1 heterocycles. The van der Waals surface area contributed by atoms with Crippen molar-refractivity contribution in [2.75, 3.05) is 7.11 Å². The molecule has 0 aliphatic rings. The van der Waals surface area contributed by atoms with Crippen LogP contribution < -0.4 is 4.74 Å². The number of nitrogens with zero attached hydrogens (tertiary/aromatic N) is 2. The largest absolute Gasteiger partial charge is 0.496 e. The molecule has 77 valence electrons. The Labute approximate surface area is 89.3 Å². The zero-order valence-corrected chi connectivity index (χ0v) is 8.84. The van der Waals surface area contributed by atoms with Crippen LogP contribution in [0.2, 0.25) is 0 Å². The van der Waals surface area contributed by atoms with Crippen LogP contribution in [0.5, 0.6) is 5.75 Å². The summed E-state index contributed by atoms with van der Waals surface area (Å²) in [5.41, 5.74) is 1.12. The number of ether oxygens (including phenoxy) is 1. The standard InChI is InChI=1S/C12H13N2O/c1-10(14-9-5-8-13-14)11-6-3-4-7-12(11)15-2/h3-4,6-10H,1-2H3. The molecular formula is C12H13N2O. The fourth-order valence-electron chi connectivity index (χ4n) is 1.61. The van der Waals surface area contributed by atoms with Crippen molar-refractivity contribution in [2.24, 2.45) is 0 Å². The smallest absolute Gasteiger partial charge is 0.124 e. The molecule has 0 saturated heterocycles. The van der Waals surface area contributed by atoms with E-state index in [0.717, 1.165) is 11.3 Å². The number of hydrogen-bond acceptors (Lipinski definition) is 2. The Bertz CT molecular complexity index is 423. The van der Waals surface area contributed by atoms with Crippen LogP contribution in [0, 0.1) is 6.07 Å². The van der Waals surface area contributed by atoms with Crippen molar-refractivity contribution < 1.29 is 4.74 Å². The molecule has 1 aromatic carbocycles. The van der Waals surface area contributed by atoms with Gasteiger partial charge in [-0.05, 0) is 13.0 Å². The van der Waals surface area contributed by atoms with Gasteiger partial charge in [-0.15, -0.1) is 0 Å². The predicted octanol–water partition coefficient (Wildman–Crippen LogP) is 2.30. The first kappa shape index (κ1) is 9.77. The molecule has 0 bridgehead atoms. The van der Waals surface area contributed by atoms with E-state index >= 15 is 0 Å². The van der Waals surface area contributed by atoms with Crippen LogP contribution in [0.3, 0.4) is 0 Å². The number of aromatic nitrogens is 2. The lowest BCUT2D eigenvalue weighted by molar-refractivity contribution is 0.400. The van der Waals surface area contributed by atoms with E-state index in [1.165, 1.54) is 0 Å². The molecule has 15 heavy (non-hydrogen) atoms. The lowest BCUT2D eigenvalue weighted by atomic mass is 10.1. The van der Waals surface area contributed by atoms with E-state index < -0.39 is 0 Å². The molecule has 0 amide bonds. The average molecular weight is 201 g/mol. The molecule has 0 N–H and O–H groups in total. The second-order valence-electron chi connectivity index (χ2n) is 3.34. The van der Waals surface area contributed by atoms with Gasteiger partial charge in [0.15, 0.2) is 0 Å². The SMILES string of the molecule is COc1ccccc1C(C)n1c[c]cn1. The third-order valence-electron chi connectivity index (χ3n) is 2.46. The summed E-state index contributed by atoms with van der Waals surface area (Å²) < 4.78 is 7.17. The van der Waals surface area contributed by atoms with Crippen LogP contribution in [-0.4, -0.2) is 16.9 Å². The Kier molecular flexibility index (Phi) is 2.72. The maximum absolute atomic E-state index is 5.31. The molecule has 1 atom stereocenters. The van der Waals surface area contributed by atoms with Gasteiger partial charge in [0.1, 0.15) is 5.75 Å². The van der Waals surface area contributed by atoms with Gasteiger partial charge in [-0.2, -0.15) is 5.10 Å². The minimum atomic E-state index is 0.160. The fraction of sp³-hybridized carbons (Fsp3) is 0.250. The summed E-state index contributed by atoms with van der Waals surface area (Å²) in [6, 6.07) is 11.1. The quantitative estimate of drug-likeness (QED) is 0.761. The van der Waals surface area contributed by atoms with Gasteiger partial charge >= 0.3 is 0 Å². The summed E-state index contributed by atoms with van der Waals surface area (Å²) in [6.07, 6.45) is 3.49. The highest BCUT2D eigenvalue weighted by Crippen LogP contribution is 2.26. The molecule has 0 saturated carbocycles. The Morgan fingerprint density at radius 2 is 2.20 bits per heavy atom. The Balaban J connectivity index is 2.37. The van der Waals surface area contributed by atoms with Crippen molar-refractivity contribution in [3.05, 3.63) is 48.3 Å². The van der Waals surface area contributed by atoms with Gasteiger partial charge in [0.2, 0.25) is 0 Å². The summed E-state index contributed by atoms with van der Waals surface area (Å²) in [5, 5.41) is 4.17. The van der Waals surface area contributed by atoms with E-state index in [1.807, 2.05) is 35.1 Å². The molecule has 1 unspecified atom stereocenters. The van der Waals surface area contributed by atoms with Gasteiger partial charge in [-0.25, -0.2) is 0 Å². The number of rotatable bonds is 3. The molecule has 3 heteroatoms. The van der Waals surface area contributed by atoms with E-state index in [0.29, 0.717) is 0 Å². The van der Waals surface area contributed by atoms with Crippen molar-refractivity contribution in [1.29, 1.82) is 0 Å². The summed E-state index contributed by atoms with van der Waals surface area (Å²) in [4.78, 5) is 0. The van der Waals surface area contributed by atoms with Gasteiger partial charge < -0.3 is 4.74 Å². The van der Waals surface area contributed by atoms with Crippen LogP contribution in [0.25, 0.3) is 0 Å². The maximum atomic E-state index is 5.31. The molecule has 0 fully saturated rings. The van der Waals surface area contributed by atoms with Crippen molar-refractivity contribution in [3.63, 3.8) is 0 Å². The van der Waals surface area contributed by atoms with Crippen LogP contribution in [0.15, 0.2) is 36.7 Å². The van der Waals surface area contributed by atoms with Gasteiger partial charge in [-0.1, -0.05) is 18.2 Å². The zero-order chi connectivity index (χ0) is 10.7. The fourth-order valence-corrected chi connectivity index (χ4v) is 1.61. The van der Waals surface area contributed by atoms with Gasteiger partial charge in [0.25, 0.3) is 0 Å². The minimum absolute atomic E-state index is 0.160. The van der Waals surface area contributed by atoms with E-state index in [-0.39, 0.29) is 6.04 Å². The Morgan fingerprint density at radius 1 is 1.40 bits per heavy atom. The van der Waals surface area contributed by atoms with Crippen molar-refractivity contribution in [1.82, 2.24) is 9.78 Å². The molecular weight excluding hydrogens is 188 g/mol. The lowest BCUT2D eigenvalue weighted by Crippen LogP contribution is -2.08. The Hall–Kier alpha value is -1.77. The van der Waals surface area contributed by atoms with Gasteiger partial charge in [0, 0.05) is 17.8 Å². The average Bonchev–Trinajstić information content (AvgIpc) is 2.81. The van der Waals surface area contributed by atoms with E-state index in [4.69, 9.17) is 4.74 Å². The van der Waals surface area contributed by atoms with E-state index in [1.54, 1.807) is 13.3 Å². The second kappa shape index (κ2) is 4.17. The van der Waals surface area contributed by atoms with Crippen molar-refractivity contribution in [3.8, 4) is 5.75 Å². The summed E-state index contributed by atoms with van der Waals surface area (Å²) in [6.45, 7) is 2.08. The molecule has 2 aromatic rings. The molecule has 0 aliphatic heterocycles. The second-order valence-corrected chi connectivity index (χ2v) is 3.34. The molecule has 0 aliphatic carbocycles. The lowest BCUT2D eigenvalue weighted by Gasteiger charge is -2.15. The van der Waals surface area contributed by atoms with Crippen LogP contribution >= 0.6 is 0 Å². The Morgan fingerprint density at radius 3 is 2.87 bits per heavy atom. The maximum Gasteiger partial charge on any atom is 0.124 e. The highest BCUT2D eigenvalue weighted by atomic mass is 16.5. The number of benzene rings is 1. The number of methoxy groups -OCH3 is 1. The normalized spacial score (nSPS) is 12.4. The predicted molar refractivity (Wildman–Crippen MR) is 57.9 cm³/mol. The minimum Gasteiger partial charge on any atom is -0.496 e. The first-order valence-corrected chi connectivity index (χ1v) is 4.86. The summed E-state index contributed by atoms with van der Waals surface area (Å²) in [7, 11) is 1.68. The van der Waals surface area contributed by atoms with Gasteiger partial charge in [0.05, 0.1) is 19.3 Å². The van der Waals surface area contributed by atoms with E-state index in [2.05, 4.69) is 18.1 Å². The zero-order valence-electron chi connectivity index (χ0n) is 8.84. The number of para-hydroxylation sites is 1. The molecule has 1 radical (unpaired) electrons. The molecule has 0 spiro atoms. The molecule has 2 rings (SSSR count). The van der Waals surface area contributed by atoms with Crippen molar-refractivity contribution >= 4 is 0 Å². The third kappa shape index (κ3) is 1.86. The van der Waals surface area contributed by atoms with Crippen LogP contribution in [0.4, 0.5) is 0 Å². The third-order valence-corrected chi connectivity index (χ3v) is 2.46. The monoisotopic (exact) mass is 201 g/mol. The van der Waals surface area contributed by atoms with Crippen LogP contribution in [-0.2, 0) is 0 Å². The van der Waals surface area contributed by atoms with E-state index in [9.17, 15) is 0 Å². The first-order chi connectivity index (χ1) is 7.33. The van der Waals surface area contributed by atoms with Gasteiger partial charge in [-0.3, -0.25) is 4.68 Å². The highest BCUT2D eigenvalue weighted by Gasteiger charge is 2.11. The molecule has 3 nitrogen and oxygen atoms in total. The summed E-state index contributed by atoms with van der Waals surface area (Å²) in [5.74, 6) is 0.889. The number of hydrogen-bond donors (Lipinski definition) is 0. The van der Waals surface area contributed by atoms with Crippen LogP contribution in [0.1, 0.15) is 18.5 Å². The van der Waals surface area contributed by atoms with Crippen molar-refractivity contribution in [2.45, 2.75) is 13.0 Å².